The van der Waals surface area contributed by atoms with Gasteiger partial charge in [0.1, 0.15) is 11.6 Å². The maximum atomic E-state index is 13.9. The number of fused-ring (bicyclic) bond motifs is 2. The normalized spacial score (nSPS) is 22.1. The van der Waals surface area contributed by atoms with Gasteiger partial charge in [-0.2, -0.15) is 5.10 Å². The fourth-order valence-electron chi connectivity index (χ4n) is 5.83. The molecule has 2 aliphatic rings. The van der Waals surface area contributed by atoms with Crippen molar-refractivity contribution >= 4 is 0 Å². The van der Waals surface area contributed by atoms with Crippen LogP contribution in [0.1, 0.15) is 42.6 Å². The van der Waals surface area contributed by atoms with E-state index in [0.717, 1.165) is 31.2 Å². The van der Waals surface area contributed by atoms with Crippen molar-refractivity contribution in [3.05, 3.63) is 87.9 Å². The Balaban J connectivity index is 1.09. The summed E-state index contributed by atoms with van der Waals surface area (Å²) in [5, 5.41) is 15.3. The number of aromatic nitrogens is 3. The minimum atomic E-state index is -0.705. The highest BCUT2D eigenvalue weighted by Gasteiger charge is 2.41. The molecule has 1 aromatic heterocycles. The summed E-state index contributed by atoms with van der Waals surface area (Å²) >= 11 is 0. The van der Waals surface area contributed by atoms with Crippen LogP contribution in [0.25, 0.3) is 0 Å². The number of ether oxygens (including phenoxy) is 2. The van der Waals surface area contributed by atoms with Gasteiger partial charge in [-0.3, -0.25) is 9.47 Å². The Morgan fingerprint density at radius 1 is 1.03 bits per heavy atom. The molecule has 2 aromatic carbocycles. The van der Waals surface area contributed by atoms with E-state index < -0.39 is 6.10 Å². The molecule has 2 fully saturated rings. The van der Waals surface area contributed by atoms with Crippen LogP contribution in [-0.2, 0) is 35.8 Å². The molecule has 1 N–H and O–H groups in total. The van der Waals surface area contributed by atoms with Gasteiger partial charge < -0.3 is 14.6 Å². The smallest absolute Gasteiger partial charge is 0.346 e. The molecule has 9 heteroatoms. The van der Waals surface area contributed by atoms with Gasteiger partial charge in [0.2, 0.25) is 0 Å². The number of aliphatic hydroxyl groups is 1. The number of benzene rings is 2. The molecular formula is C29H37FN4O4. The van der Waals surface area contributed by atoms with Gasteiger partial charge in [0.15, 0.2) is 0 Å². The van der Waals surface area contributed by atoms with Gasteiger partial charge in [-0.05, 0) is 44.2 Å². The molecule has 2 bridgehead atoms. The summed E-state index contributed by atoms with van der Waals surface area (Å²) in [6.07, 6.45) is 3.25. The molecule has 204 valence electrons. The van der Waals surface area contributed by atoms with Crippen molar-refractivity contribution in [1.82, 2.24) is 19.2 Å². The van der Waals surface area contributed by atoms with Crippen LogP contribution in [0.4, 0.5) is 4.39 Å². The zero-order valence-electron chi connectivity index (χ0n) is 21.9. The molecule has 5 rings (SSSR count). The fourth-order valence-corrected chi connectivity index (χ4v) is 5.83. The number of piperidine rings is 1. The second kappa shape index (κ2) is 12.3. The number of hydrogen-bond acceptors (Lipinski definition) is 6. The quantitative estimate of drug-likeness (QED) is 0.366. The molecule has 2 saturated heterocycles. The lowest BCUT2D eigenvalue weighted by atomic mass is 9.99. The Hall–Kier alpha value is -2.85. The van der Waals surface area contributed by atoms with E-state index in [-0.39, 0.29) is 30.8 Å². The summed E-state index contributed by atoms with van der Waals surface area (Å²) in [4.78, 5) is 15.3. The third-order valence-corrected chi connectivity index (χ3v) is 7.76. The minimum absolute atomic E-state index is 0.0885. The van der Waals surface area contributed by atoms with E-state index in [1.807, 2.05) is 36.4 Å². The van der Waals surface area contributed by atoms with Crippen molar-refractivity contribution in [3.63, 3.8) is 0 Å². The van der Waals surface area contributed by atoms with Crippen molar-refractivity contribution in [2.45, 2.75) is 83.2 Å². The number of aliphatic hydroxyl groups excluding tert-OH is 1. The molecular weight excluding hydrogens is 487 g/mol. The SMILES string of the molecule is Cc1nn(CC(O)CN2C3CCC2CC(OCc2ccccc2F)C3)c(=O)n1CCOCc1ccccc1. The molecule has 0 saturated carbocycles. The standard InChI is InChI=1S/C29H37FN4O4/c1-21-31-34(29(36)32(21)13-14-37-19-22-7-3-2-4-8-22)18-26(35)17-33-24-11-12-25(33)16-27(15-24)38-20-23-9-5-6-10-28(23)30/h2-10,24-27,35H,11-20H2,1H3. The van der Waals surface area contributed by atoms with E-state index in [2.05, 4.69) is 10.00 Å². The first kappa shape index (κ1) is 26.7. The average Bonchev–Trinajstić information content (AvgIpc) is 3.30. The molecule has 0 aliphatic carbocycles. The largest absolute Gasteiger partial charge is 0.390 e. The van der Waals surface area contributed by atoms with Crippen LogP contribution in [-0.4, -0.2) is 61.8 Å². The highest BCUT2D eigenvalue weighted by Crippen LogP contribution is 2.37. The van der Waals surface area contributed by atoms with E-state index in [1.165, 1.54) is 10.7 Å². The predicted octanol–water partition coefficient (Wildman–Crippen LogP) is 3.28. The lowest BCUT2D eigenvalue weighted by Crippen LogP contribution is -2.49. The van der Waals surface area contributed by atoms with Crippen LogP contribution >= 0.6 is 0 Å². The van der Waals surface area contributed by atoms with Crippen molar-refractivity contribution in [1.29, 1.82) is 0 Å². The molecule has 3 atom stereocenters. The maximum absolute atomic E-state index is 13.9. The predicted molar refractivity (Wildman–Crippen MR) is 141 cm³/mol. The van der Waals surface area contributed by atoms with Gasteiger partial charge in [0.25, 0.3) is 0 Å². The molecule has 3 unspecified atom stereocenters. The zero-order valence-corrected chi connectivity index (χ0v) is 21.9. The van der Waals surface area contributed by atoms with Gasteiger partial charge >= 0.3 is 5.69 Å². The summed E-state index contributed by atoms with van der Waals surface area (Å²) in [7, 11) is 0. The van der Waals surface area contributed by atoms with Crippen LogP contribution in [0.5, 0.6) is 0 Å². The zero-order chi connectivity index (χ0) is 26.5. The fraction of sp³-hybridized carbons (Fsp3) is 0.517. The third-order valence-electron chi connectivity index (χ3n) is 7.76. The summed E-state index contributed by atoms with van der Waals surface area (Å²) in [5.74, 6) is 0.377. The Bertz CT molecular complexity index is 1230. The maximum Gasteiger partial charge on any atom is 0.346 e. The second-order valence-corrected chi connectivity index (χ2v) is 10.4. The average molecular weight is 525 g/mol. The Kier molecular flexibility index (Phi) is 8.68. The van der Waals surface area contributed by atoms with E-state index in [0.29, 0.717) is 49.8 Å². The summed E-state index contributed by atoms with van der Waals surface area (Å²) in [6.45, 7) is 4.04. The molecule has 0 spiro atoms. The molecule has 0 radical (unpaired) electrons. The van der Waals surface area contributed by atoms with E-state index in [9.17, 15) is 14.3 Å². The van der Waals surface area contributed by atoms with Gasteiger partial charge in [-0.1, -0.05) is 48.5 Å². The summed E-state index contributed by atoms with van der Waals surface area (Å²) in [5.41, 5.74) is 1.44. The summed E-state index contributed by atoms with van der Waals surface area (Å²) in [6, 6.07) is 17.3. The van der Waals surface area contributed by atoms with Crippen molar-refractivity contribution in [2.24, 2.45) is 0 Å². The Morgan fingerprint density at radius 2 is 1.74 bits per heavy atom. The first-order valence-electron chi connectivity index (χ1n) is 13.5. The molecule has 2 aliphatic heterocycles. The second-order valence-electron chi connectivity index (χ2n) is 10.4. The molecule has 8 nitrogen and oxygen atoms in total. The monoisotopic (exact) mass is 524 g/mol. The van der Waals surface area contributed by atoms with E-state index in [1.54, 1.807) is 23.6 Å². The third kappa shape index (κ3) is 6.40. The number of aryl methyl sites for hydroxylation is 1. The summed E-state index contributed by atoms with van der Waals surface area (Å²) < 4.78 is 28.7. The van der Waals surface area contributed by atoms with Gasteiger partial charge in [-0.15, -0.1) is 0 Å². The highest BCUT2D eigenvalue weighted by molar-refractivity contribution is 5.16. The van der Waals surface area contributed by atoms with Crippen molar-refractivity contribution in [3.8, 4) is 0 Å². The topological polar surface area (TPSA) is 81.8 Å². The lowest BCUT2D eigenvalue weighted by Gasteiger charge is -2.39. The van der Waals surface area contributed by atoms with Crippen LogP contribution in [0.3, 0.4) is 0 Å². The highest BCUT2D eigenvalue weighted by atomic mass is 19.1. The number of rotatable bonds is 12. The number of nitrogens with zero attached hydrogens (tertiary/aromatic N) is 4. The van der Waals surface area contributed by atoms with Crippen molar-refractivity contribution in [2.75, 3.05) is 13.2 Å². The molecule has 3 aromatic rings. The van der Waals surface area contributed by atoms with Crippen LogP contribution in [0.2, 0.25) is 0 Å². The Morgan fingerprint density at radius 3 is 2.47 bits per heavy atom. The van der Waals surface area contributed by atoms with Gasteiger partial charge in [-0.25, -0.2) is 13.9 Å². The molecule has 3 heterocycles. The van der Waals surface area contributed by atoms with Gasteiger partial charge in [0.05, 0.1) is 45.1 Å². The number of hydrogen-bond donors (Lipinski definition) is 1. The molecule has 38 heavy (non-hydrogen) atoms. The van der Waals surface area contributed by atoms with Crippen LogP contribution < -0.4 is 5.69 Å². The van der Waals surface area contributed by atoms with Crippen molar-refractivity contribution < 1.29 is 19.0 Å². The first-order valence-corrected chi connectivity index (χ1v) is 13.5. The van der Waals surface area contributed by atoms with Crippen LogP contribution in [0.15, 0.2) is 59.4 Å². The first-order chi connectivity index (χ1) is 18.5. The lowest BCUT2D eigenvalue weighted by molar-refractivity contribution is -0.0408. The Labute approximate surface area is 222 Å². The minimum Gasteiger partial charge on any atom is -0.390 e. The van der Waals surface area contributed by atoms with Crippen LogP contribution in [0, 0.1) is 12.7 Å². The van der Waals surface area contributed by atoms with Gasteiger partial charge in [0, 0.05) is 24.2 Å². The molecule has 0 amide bonds. The number of halogens is 1. The van der Waals surface area contributed by atoms with E-state index in [4.69, 9.17) is 9.47 Å². The van der Waals surface area contributed by atoms with E-state index >= 15 is 0 Å².